The normalized spacial score (nSPS) is 24.5. The number of nitrogens with zero attached hydrogens (tertiary/aromatic N) is 3. The molecule has 4 heterocycles. The molecule has 1 aromatic heterocycles. The lowest BCUT2D eigenvalue weighted by atomic mass is 9.92. The maximum Gasteiger partial charge on any atom is 0.255 e. The summed E-state index contributed by atoms with van der Waals surface area (Å²) in [5.74, 6) is 0.338. The van der Waals surface area contributed by atoms with Gasteiger partial charge in [-0.25, -0.2) is 0 Å². The fourth-order valence-corrected chi connectivity index (χ4v) is 4.74. The van der Waals surface area contributed by atoms with E-state index in [1.165, 1.54) is 12.3 Å². The van der Waals surface area contributed by atoms with Gasteiger partial charge in [-0.1, -0.05) is 0 Å². The molecule has 0 radical (unpaired) electrons. The molecule has 4 rings (SSSR count). The van der Waals surface area contributed by atoms with Crippen LogP contribution in [0, 0.1) is 5.92 Å². The van der Waals surface area contributed by atoms with Crippen LogP contribution in [0.1, 0.15) is 36.0 Å². The highest BCUT2D eigenvalue weighted by Crippen LogP contribution is 2.26. The molecule has 3 aliphatic heterocycles. The van der Waals surface area contributed by atoms with Crippen LogP contribution in [0.4, 0.5) is 0 Å². The maximum atomic E-state index is 12.9. The molecule has 1 atom stereocenters. The number of rotatable bonds is 3. The molecule has 8 heteroatoms. The van der Waals surface area contributed by atoms with Crippen molar-refractivity contribution >= 4 is 11.8 Å². The number of ether oxygens (including phenoxy) is 1. The van der Waals surface area contributed by atoms with Gasteiger partial charge in [0.05, 0.1) is 24.7 Å². The van der Waals surface area contributed by atoms with Crippen molar-refractivity contribution in [3.8, 4) is 0 Å². The van der Waals surface area contributed by atoms with Crippen LogP contribution in [0.15, 0.2) is 23.1 Å². The second-order valence-corrected chi connectivity index (χ2v) is 8.24. The van der Waals surface area contributed by atoms with E-state index in [1.807, 2.05) is 9.80 Å². The fraction of sp³-hybridized carbons (Fsp3) is 0.667. The fourth-order valence-electron chi connectivity index (χ4n) is 4.74. The van der Waals surface area contributed by atoms with Gasteiger partial charge in [-0.05, 0) is 38.3 Å². The number of aromatic amines is 1. The van der Waals surface area contributed by atoms with E-state index >= 15 is 0 Å². The summed E-state index contributed by atoms with van der Waals surface area (Å²) in [5, 5.41) is 0. The molecule has 29 heavy (non-hydrogen) atoms. The predicted molar refractivity (Wildman–Crippen MR) is 108 cm³/mol. The number of nitrogens with one attached hydrogen (secondary N) is 1. The second kappa shape index (κ2) is 9.09. The van der Waals surface area contributed by atoms with Gasteiger partial charge in [-0.15, -0.1) is 0 Å². The zero-order valence-corrected chi connectivity index (χ0v) is 16.8. The van der Waals surface area contributed by atoms with Gasteiger partial charge in [-0.3, -0.25) is 19.3 Å². The Morgan fingerprint density at radius 3 is 2.41 bits per heavy atom. The van der Waals surface area contributed by atoms with Crippen LogP contribution in [-0.4, -0.2) is 90.0 Å². The molecule has 2 amide bonds. The summed E-state index contributed by atoms with van der Waals surface area (Å²) in [7, 11) is 0. The summed E-state index contributed by atoms with van der Waals surface area (Å²) in [6.07, 6.45) is 5.36. The smallest absolute Gasteiger partial charge is 0.255 e. The zero-order chi connectivity index (χ0) is 20.2. The van der Waals surface area contributed by atoms with Crippen molar-refractivity contribution in [3.05, 3.63) is 34.2 Å². The van der Waals surface area contributed by atoms with Crippen LogP contribution >= 0.6 is 0 Å². The Hall–Kier alpha value is -2.19. The third-order valence-corrected chi connectivity index (χ3v) is 6.42. The number of piperidine rings is 2. The Balaban J connectivity index is 1.30. The van der Waals surface area contributed by atoms with Gasteiger partial charge in [0, 0.05) is 51.0 Å². The summed E-state index contributed by atoms with van der Waals surface area (Å²) in [4.78, 5) is 45.6. The highest BCUT2D eigenvalue weighted by molar-refractivity contribution is 5.93. The van der Waals surface area contributed by atoms with Crippen LogP contribution in [0.2, 0.25) is 0 Å². The molecule has 3 fully saturated rings. The molecule has 0 aliphatic carbocycles. The molecule has 158 valence electrons. The van der Waals surface area contributed by atoms with Crippen LogP contribution in [0.3, 0.4) is 0 Å². The molecule has 0 spiro atoms. The monoisotopic (exact) mass is 402 g/mol. The van der Waals surface area contributed by atoms with Gasteiger partial charge in [0.15, 0.2) is 0 Å². The lowest BCUT2D eigenvalue weighted by molar-refractivity contribution is -0.141. The van der Waals surface area contributed by atoms with Crippen LogP contribution in [0.25, 0.3) is 0 Å². The zero-order valence-electron chi connectivity index (χ0n) is 16.8. The van der Waals surface area contributed by atoms with Crippen LogP contribution in [-0.2, 0) is 9.53 Å². The molecule has 0 bridgehead atoms. The number of amides is 2. The second-order valence-electron chi connectivity index (χ2n) is 8.24. The average Bonchev–Trinajstić information content (AvgIpc) is 2.79. The quantitative estimate of drug-likeness (QED) is 0.798. The summed E-state index contributed by atoms with van der Waals surface area (Å²) in [5.41, 5.74) is 0.323. The highest BCUT2D eigenvalue weighted by atomic mass is 16.5. The number of carbonyl (C=O) groups excluding carboxylic acids is 2. The molecule has 8 nitrogen and oxygen atoms in total. The third kappa shape index (κ3) is 4.70. The molecule has 1 N–H and O–H groups in total. The first-order valence-corrected chi connectivity index (χ1v) is 10.7. The van der Waals surface area contributed by atoms with E-state index in [2.05, 4.69) is 9.88 Å². The first-order valence-electron chi connectivity index (χ1n) is 10.7. The first-order chi connectivity index (χ1) is 14.1. The largest absolute Gasteiger partial charge is 0.378 e. The first kappa shape index (κ1) is 20.1. The minimum absolute atomic E-state index is 0.0290. The van der Waals surface area contributed by atoms with E-state index in [-0.39, 0.29) is 23.3 Å². The van der Waals surface area contributed by atoms with E-state index in [4.69, 9.17) is 4.74 Å². The van der Waals surface area contributed by atoms with Crippen molar-refractivity contribution in [2.45, 2.75) is 31.7 Å². The Morgan fingerprint density at radius 1 is 0.966 bits per heavy atom. The number of H-pyrrole nitrogens is 1. The number of hydrogen-bond donors (Lipinski definition) is 1. The Labute approximate surface area is 170 Å². The maximum absolute atomic E-state index is 12.9. The van der Waals surface area contributed by atoms with Gasteiger partial charge in [0.2, 0.25) is 11.5 Å². The summed E-state index contributed by atoms with van der Waals surface area (Å²) in [6, 6.07) is 3.40. The van der Waals surface area contributed by atoms with Gasteiger partial charge in [0.25, 0.3) is 5.91 Å². The summed E-state index contributed by atoms with van der Waals surface area (Å²) < 4.78 is 5.37. The summed E-state index contributed by atoms with van der Waals surface area (Å²) in [6.45, 7) is 5.98. The standard InChI is InChI=1S/C21H30N4O4/c26-19-4-3-16(14-22-19)20(27)23-8-5-18(6-9-23)25-7-1-2-17(15-25)21(28)24-10-12-29-13-11-24/h3-4,14,17-18H,1-2,5-13,15H2,(H,22,26)/t17-/m0/s1. The Bertz CT molecular complexity index is 761. The van der Waals surface area contributed by atoms with E-state index < -0.39 is 0 Å². The average molecular weight is 402 g/mol. The number of aromatic nitrogens is 1. The number of carbonyl (C=O) groups is 2. The van der Waals surface area contributed by atoms with Gasteiger partial charge in [-0.2, -0.15) is 0 Å². The van der Waals surface area contributed by atoms with Crippen molar-refractivity contribution in [2.24, 2.45) is 5.92 Å². The molecular formula is C21H30N4O4. The van der Waals surface area contributed by atoms with Gasteiger partial charge in [0.1, 0.15) is 0 Å². The van der Waals surface area contributed by atoms with Crippen molar-refractivity contribution in [1.29, 1.82) is 0 Å². The van der Waals surface area contributed by atoms with Crippen molar-refractivity contribution in [2.75, 3.05) is 52.5 Å². The Morgan fingerprint density at radius 2 is 1.72 bits per heavy atom. The van der Waals surface area contributed by atoms with Crippen LogP contribution in [0.5, 0.6) is 0 Å². The highest BCUT2D eigenvalue weighted by Gasteiger charge is 2.34. The minimum atomic E-state index is -0.202. The molecule has 0 saturated carbocycles. The van der Waals surface area contributed by atoms with Crippen molar-refractivity contribution in [1.82, 2.24) is 19.7 Å². The number of pyridine rings is 1. The van der Waals surface area contributed by atoms with E-state index in [9.17, 15) is 14.4 Å². The molecular weight excluding hydrogens is 372 g/mol. The molecule has 1 aromatic rings. The van der Waals surface area contributed by atoms with Gasteiger partial charge < -0.3 is 19.5 Å². The van der Waals surface area contributed by atoms with Crippen molar-refractivity contribution in [3.63, 3.8) is 0 Å². The van der Waals surface area contributed by atoms with E-state index in [0.29, 0.717) is 51.0 Å². The minimum Gasteiger partial charge on any atom is -0.378 e. The molecule has 3 saturated heterocycles. The van der Waals surface area contributed by atoms with E-state index in [1.54, 1.807) is 6.07 Å². The van der Waals surface area contributed by atoms with Crippen molar-refractivity contribution < 1.29 is 14.3 Å². The molecule has 0 unspecified atom stereocenters. The van der Waals surface area contributed by atoms with Gasteiger partial charge >= 0.3 is 0 Å². The number of hydrogen-bond acceptors (Lipinski definition) is 5. The van der Waals surface area contributed by atoms with Crippen LogP contribution < -0.4 is 5.56 Å². The lowest BCUT2D eigenvalue weighted by Gasteiger charge is -2.43. The summed E-state index contributed by atoms with van der Waals surface area (Å²) >= 11 is 0. The van der Waals surface area contributed by atoms with E-state index in [0.717, 1.165) is 38.8 Å². The number of likely N-dealkylation sites (tertiary alicyclic amines) is 2. The molecule has 3 aliphatic rings. The Kier molecular flexibility index (Phi) is 6.30. The predicted octanol–water partition coefficient (Wildman–Crippen LogP) is 0.550. The SMILES string of the molecule is O=C(c1ccc(=O)[nH]c1)N1CCC(N2CCC[C@H](C(=O)N3CCOCC3)C2)CC1. The number of morpholine rings is 1. The topological polar surface area (TPSA) is 86.0 Å². The third-order valence-electron chi connectivity index (χ3n) is 6.42. The lowest BCUT2D eigenvalue weighted by Crippen LogP contribution is -2.53. The molecule has 0 aromatic carbocycles.